The molecule has 26 heavy (non-hydrogen) atoms. The molecule has 0 spiro atoms. The second-order valence-electron chi connectivity index (χ2n) is 5.48. The molecule has 3 aromatic rings. The predicted molar refractivity (Wildman–Crippen MR) is 102 cm³/mol. The van der Waals surface area contributed by atoms with Gasteiger partial charge in [0, 0.05) is 24.3 Å². The molecule has 0 atom stereocenters. The molecule has 0 aliphatic carbocycles. The molecule has 8 nitrogen and oxygen atoms in total. The van der Waals surface area contributed by atoms with Crippen molar-refractivity contribution in [1.29, 1.82) is 0 Å². The molecule has 0 fully saturated rings. The van der Waals surface area contributed by atoms with Gasteiger partial charge in [0.2, 0.25) is 11.6 Å². The van der Waals surface area contributed by atoms with Crippen LogP contribution in [0.3, 0.4) is 0 Å². The lowest BCUT2D eigenvalue weighted by molar-refractivity contribution is -0.383. The first-order valence-electron chi connectivity index (χ1n) is 7.67. The van der Waals surface area contributed by atoms with Gasteiger partial charge in [-0.2, -0.15) is 0 Å². The number of nitrogens with one attached hydrogen (secondary N) is 1. The monoisotopic (exact) mass is 414 g/mol. The predicted octanol–water partition coefficient (Wildman–Crippen LogP) is 3.92. The lowest BCUT2D eigenvalue weighted by Crippen LogP contribution is -2.20. The van der Waals surface area contributed by atoms with E-state index < -0.39 is 4.92 Å². The summed E-state index contributed by atoms with van der Waals surface area (Å²) in [6, 6.07) is 13.1. The van der Waals surface area contributed by atoms with Crippen LogP contribution in [0.25, 0.3) is 0 Å². The van der Waals surface area contributed by atoms with Crippen molar-refractivity contribution in [2.24, 2.45) is 0 Å². The van der Waals surface area contributed by atoms with Gasteiger partial charge in [0.1, 0.15) is 12.1 Å². The fraction of sp³-hybridized carbons (Fsp3) is 0.118. The van der Waals surface area contributed by atoms with Gasteiger partial charge in [0.05, 0.1) is 4.92 Å². The minimum atomic E-state index is -0.488. The molecule has 0 bridgehead atoms. The molecule has 0 saturated carbocycles. The maximum atomic E-state index is 11.7. The van der Waals surface area contributed by atoms with Crippen molar-refractivity contribution in [2.45, 2.75) is 6.54 Å². The fourth-order valence-corrected chi connectivity index (χ4v) is 2.65. The number of benzene rings is 1. The van der Waals surface area contributed by atoms with Gasteiger partial charge in [-0.25, -0.2) is 15.0 Å². The maximum absolute atomic E-state index is 11.7. The third-order valence-electron chi connectivity index (χ3n) is 3.58. The van der Waals surface area contributed by atoms with Crippen molar-refractivity contribution in [1.82, 2.24) is 15.0 Å². The van der Waals surface area contributed by atoms with Gasteiger partial charge in [0.15, 0.2) is 0 Å². The van der Waals surface area contributed by atoms with Crippen LogP contribution < -0.4 is 10.2 Å². The van der Waals surface area contributed by atoms with E-state index in [4.69, 9.17) is 0 Å². The van der Waals surface area contributed by atoms with Crippen molar-refractivity contribution >= 4 is 39.1 Å². The van der Waals surface area contributed by atoms with E-state index >= 15 is 0 Å². The summed E-state index contributed by atoms with van der Waals surface area (Å²) in [4.78, 5) is 25.2. The average Bonchev–Trinajstić information content (AvgIpc) is 2.64. The zero-order valence-electron chi connectivity index (χ0n) is 13.8. The van der Waals surface area contributed by atoms with E-state index in [2.05, 4.69) is 36.2 Å². The number of anilines is 3. The molecule has 0 amide bonds. The minimum absolute atomic E-state index is 0.0923. The van der Waals surface area contributed by atoms with Crippen LogP contribution in [0.5, 0.6) is 0 Å². The molecule has 1 N–H and O–H groups in total. The van der Waals surface area contributed by atoms with Crippen LogP contribution in [0.2, 0.25) is 0 Å². The van der Waals surface area contributed by atoms with Crippen molar-refractivity contribution in [3.05, 3.63) is 75.1 Å². The quantitative estimate of drug-likeness (QED) is 0.481. The van der Waals surface area contributed by atoms with Gasteiger partial charge in [-0.1, -0.05) is 30.3 Å². The summed E-state index contributed by atoms with van der Waals surface area (Å²) < 4.78 is 0.809. The summed E-state index contributed by atoms with van der Waals surface area (Å²) in [5, 5.41) is 14.6. The Balaban J connectivity index is 1.93. The Bertz CT molecular complexity index is 905. The SMILES string of the molecule is CN(Cc1ccccc1)c1ncnc(Nc2ccc(Br)cn2)c1[N+](=O)[O-]. The number of hydrogen-bond acceptors (Lipinski definition) is 7. The first kappa shape index (κ1) is 17.7. The minimum Gasteiger partial charge on any atom is -0.349 e. The van der Waals surface area contributed by atoms with Crippen LogP contribution in [0.4, 0.5) is 23.1 Å². The number of halogens is 1. The molecular weight excluding hydrogens is 400 g/mol. The molecule has 0 radical (unpaired) electrons. The molecular formula is C17H15BrN6O2. The van der Waals surface area contributed by atoms with Crippen LogP contribution >= 0.6 is 15.9 Å². The third kappa shape index (κ3) is 4.12. The number of pyridine rings is 1. The van der Waals surface area contributed by atoms with Crippen LogP contribution in [-0.4, -0.2) is 26.9 Å². The molecule has 2 heterocycles. The molecule has 0 saturated heterocycles. The summed E-state index contributed by atoms with van der Waals surface area (Å²) in [7, 11) is 1.75. The van der Waals surface area contributed by atoms with Gasteiger partial charge < -0.3 is 10.2 Å². The molecule has 0 aliphatic heterocycles. The van der Waals surface area contributed by atoms with E-state index in [-0.39, 0.29) is 17.3 Å². The molecule has 132 valence electrons. The lowest BCUT2D eigenvalue weighted by atomic mass is 10.2. The van der Waals surface area contributed by atoms with Crippen molar-refractivity contribution in [3.63, 3.8) is 0 Å². The standard InChI is InChI=1S/C17H15BrN6O2/c1-23(10-12-5-3-2-4-6-12)17-15(24(25)26)16(20-11-21-17)22-14-8-7-13(18)9-19-14/h2-9,11H,10H2,1H3,(H,19,20,21,22). The highest BCUT2D eigenvalue weighted by Gasteiger charge is 2.26. The summed E-state index contributed by atoms with van der Waals surface area (Å²) in [5.74, 6) is 0.773. The Labute approximate surface area is 158 Å². The molecule has 0 unspecified atom stereocenters. The summed E-state index contributed by atoms with van der Waals surface area (Å²) in [6.07, 6.45) is 2.89. The van der Waals surface area contributed by atoms with E-state index in [1.54, 1.807) is 30.3 Å². The Morgan fingerprint density at radius 3 is 2.58 bits per heavy atom. The van der Waals surface area contributed by atoms with Gasteiger partial charge in [0.25, 0.3) is 0 Å². The molecule has 1 aromatic carbocycles. The second-order valence-corrected chi connectivity index (χ2v) is 6.40. The zero-order chi connectivity index (χ0) is 18.5. The van der Waals surface area contributed by atoms with Gasteiger partial charge >= 0.3 is 5.69 Å². The fourth-order valence-electron chi connectivity index (χ4n) is 2.41. The first-order valence-corrected chi connectivity index (χ1v) is 8.47. The normalized spacial score (nSPS) is 10.4. The molecule has 2 aromatic heterocycles. The van der Waals surface area contributed by atoms with Crippen molar-refractivity contribution < 1.29 is 4.92 Å². The first-order chi connectivity index (χ1) is 12.5. The zero-order valence-corrected chi connectivity index (χ0v) is 15.4. The Morgan fingerprint density at radius 1 is 1.15 bits per heavy atom. The number of rotatable bonds is 6. The summed E-state index contributed by atoms with van der Waals surface area (Å²) in [5.41, 5.74) is 0.822. The summed E-state index contributed by atoms with van der Waals surface area (Å²) >= 11 is 3.30. The van der Waals surface area contributed by atoms with Crippen LogP contribution in [0, 0.1) is 10.1 Å². The van der Waals surface area contributed by atoms with Crippen LogP contribution in [0.15, 0.2) is 59.5 Å². The van der Waals surface area contributed by atoms with E-state index in [9.17, 15) is 10.1 Å². The van der Waals surface area contributed by atoms with Crippen molar-refractivity contribution in [2.75, 3.05) is 17.3 Å². The van der Waals surface area contributed by atoms with Gasteiger partial charge in [-0.15, -0.1) is 0 Å². The van der Waals surface area contributed by atoms with Gasteiger partial charge in [-0.05, 0) is 33.6 Å². The Kier molecular flexibility index (Phi) is 5.37. The third-order valence-corrected chi connectivity index (χ3v) is 4.05. The average molecular weight is 415 g/mol. The Morgan fingerprint density at radius 2 is 1.92 bits per heavy atom. The highest BCUT2D eigenvalue weighted by Crippen LogP contribution is 2.33. The number of nitro groups is 1. The van der Waals surface area contributed by atoms with E-state index in [0.29, 0.717) is 12.4 Å². The smallest absolute Gasteiger partial charge is 0.349 e. The van der Waals surface area contributed by atoms with E-state index in [1.165, 1.54) is 6.33 Å². The highest BCUT2D eigenvalue weighted by molar-refractivity contribution is 9.10. The molecule has 3 rings (SSSR count). The van der Waals surface area contributed by atoms with Crippen LogP contribution in [0.1, 0.15) is 5.56 Å². The number of nitrogens with zero attached hydrogens (tertiary/aromatic N) is 5. The largest absolute Gasteiger partial charge is 0.353 e. The highest BCUT2D eigenvalue weighted by atomic mass is 79.9. The Hall–Kier alpha value is -3.07. The maximum Gasteiger partial charge on any atom is 0.353 e. The van der Waals surface area contributed by atoms with Gasteiger partial charge in [-0.3, -0.25) is 10.1 Å². The number of aromatic nitrogens is 3. The second kappa shape index (κ2) is 7.87. The molecule has 0 aliphatic rings. The van der Waals surface area contributed by atoms with Crippen molar-refractivity contribution in [3.8, 4) is 0 Å². The summed E-state index contributed by atoms with van der Waals surface area (Å²) in [6.45, 7) is 0.481. The van der Waals surface area contributed by atoms with Crippen LogP contribution in [-0.2, 0) is 6.54 Å². The van der Waals surface area contributed by atoms with E-state index in [1.807, 2.05) is 30.3 Å². The molecule has 9 heteroatoms. The van der Waals surface area contributed by atoms with E-state index in [0.717, 1.165) is 10.0 Å². The number of hydrogen-bond donors (Lipinski definition) is 1. The lowest BCUT2D eigenvalue weighted by Gasteiger charge is -2.18. The topological polar surface area (TPSA) is 97.1 Å².